The van der Waals surface area contributed by atoms with E-state index in [1.807, 2.05) is 0 Å². The molecule has 0 saturated heterocycles. The average molecular weight is 288 g/mol. The van der Waals surface area contributed by atoms with Gasteiger partial charge in [-0.25, -0.2) is 0 Å². The number of ether oxygens (including phenoxy) is 4. The van der Waals surface area contributed by atoms with Crippen LogP contribution in [-0.2, 0) is 23.7 Å². The number of aliphatic carboxylic acids is 1. The van der Waals surface area contributed by atoms with Gasteiger partial charge in [0, 0.05) is 12.4 Å². The van der Waals surface area contributed by atoms with Crippen molar-refractivity contribution in [2.24, 2.45) is 0 Å². The van der Waals surface area contributed by atoms with Crippen molar-refractivity contribution in [3.8, 4) is 0 Å². The van der Waals surface area contributed by atoms with Gasteiger partial charge in [-0.2, -0.15) is 0 Å². The van der Waals surface area contributed by atoms with E-state index in [1.165, 1.54) is 0 Å². The Morgan fingerprint density at radius 3 is 1.53 bits per heavy atom. The van der Waals surface area contributed by atoms with Crippen LogP contribution < -0.4 is 34.7 Å². The van der Waals surface area contributed by atoms with Crippen LogP contribution in [0.25, 0.3) is 0 Å². The van der Waals surface area contributed by atoms with Crippen molar-refractivity contribution >= 4 is 5.97 Å². The van der Waals surface area contributed by atoms with Gasteiger partial charge < -0.3 is 34.0 Å². The Labute approximate surface area is 135 Å². The molecule has 0 rings (SSSR count). The Hall–Kier alpha value is 0.270. The molecule has 0 aliphatic rings. The van der Waals surface area contributed by atoms with Gasteiger partial charge in [-0.3, -0.25) is 0 Å². The van der Waals surface area contributed by atoms with E-state index in [1.54, 1.807) is 0 Å². The molecule has 0 bridgehead atoms. The summed E-state index contributed by atoms with van der Waals surface area (Å²) in [6, 6.07) is 0. The Kier molecular flexibility index (Phi) is 20.7. The first-order valence-electron chi connectivity index (χ1n) is 5.89. The first-order valence-corrected chi connectivity index (χ1v) is 5.89. The van der Waals surface area contributed by atoms with Crippen molar-refractivity contribution in [1.29, 1.82) is 0 Å². The van der Waals surface area contributed by atoms with Gasteiger partial charge >= 0.3 is 29.6 Å². The number of carboxylic acid groups (broad SMARTS) is 1. The molecule has 0 radical (unpaired) electrons. The number of carbonyl (C=O) groups excluding carboxylic acids is 1. The zero-order valence-corrected chi connectivity index (χ0v) is 13.5. The third-order valence-corrected chi connectivity index (χ3v) is 1.80. The largest absolute Gasteiger partial charge is 1.00 e. The third-order valence-electron chi connectivity index (χ3n) is 1.80. The van der Waals surface area contributed by atoms with Crippen LogP contribution in [0.15, 0.2) is 0 Å². The Bertz CT molecular complexity index is 192. The summed E-state index contributed by atoms with van der Waals surface area (Å²) < 4.78 is 20.3. The molecule has 0 fully saturated rings. The predicted molar refractivity (Wildman–Crippen MR) is 60.0 cm³/mol. The summed E-state index contributed by atoms with van der Waals surface area (Å²) in [6.45, 7) is 3.06. The van der Waals surface area contributed by atoms with Gasteiger partial charge in [-0.05, 0) is 0 Å². The van der Waals surface area contributed by atoms with E-state index in [2.05, 4.69) is 0 Å². The summed E-state index contributed by atoms with van der Waals surface area (Å²) in [7, 11) is 0. The van der Waals surface area contributed by atoms with Crippen molar-refractivity contribution in [3.05, 3.63) is 0 Å². The van der Waals surface area contributed by atoms with E-state index in [0.717, 1.165) is 0 Å². The maximum absolute atomic E-state index is 10.0. The van der Waals surface area contributed by atoms with Gasteiger partial charge in [0.05, 0.1) is 59.5 Å². The van der Waals surface area contributed by atoms with Gasteiger partial charge in [0.1, 0.15) is 0 Å². The molecular formula is C11H21NaO7. The van der Waals surface area contributed by atoms with Crippen molar-refractivity contribution in [3.63, 3.8) is 0 Å². The van der Waals surface area contributed by atoms with E-state index in [0.29, 0.717) is 46.2 Å². The first kappa shape index (κ1) is 21.6. The van der Waals surface area contributed by atoms with Gasteiger partial charge in [-0.1, -0.05) is 0 Å². The molecule has 0 unspecified atom stereocenters. The van der Waals surface area contributed by atoms with Crippen molar-refractivity contribution in [2.75, 3.05) is 59.5 Å². The molecule has 0 aromatic carbocycles. The summed E-state index contributed by atoms with van der Waals surface area (Å²) in [5.74, 6) is -1.12. The number of rotatable bonds is 14. The summed E-state index contributed by atoms with van der Waals surface area (Å²) in [4.78, 5) is 10.0. The fraction of sp³-hybridized carbons (Fsp3) is 0.909. The second-order valence-electron chi connectivity index (χ2n) is 3.30. The van der Waals surface area contributed by atoms with Crippen LogP contribution in [0.2, 0.25) is 0 Å². The van der Waals surface area contributed by atoms with Crippen LogP contribution in [0.5, 0.6) is 0 Å². The van der Waals surface area contributed by atoms with Crippen molar-refractivity contribution in [1.82, 2.24) is 0 Å². The second kappa shape index (κ2) is 18.3. The molecule has 1 N–H and O–H groups in total. The molecule has 0 atom stereocenters. The van der Waals surface area contributed by atoms with Crippen LogP contribution in [0.4, 0.5) is 0 Å². The molecule has 7 nitrogen and oxygen atoms in total. The zero-order chi connectivity index (χ0) is 13.5. The number of carbonyl (C=O) groups is 1. The molecule has 0 aliphatic carbocycles. The number of hydrogen-bond donors (Lipinski definition) is 1. The van der Waals surface area contributed by atoms with Gasteiger partial charge in [0.15, 0.2) is 0 Å². The third kappa shape index (κ3) is 20.7. The van der Waals surface area contributed by atoms with E-state index in [-0.39, 0.29) is 49.2 Å². The minimum Gasteiger partial charge on any atom is -0.550 e. The molecule has 0 aliphatic heterocycles. The molecule has 0 heterocycles. The molecule has 0 amide bonds. The van der Waals surface area contributed by atoms with Crippen LogP contribution in [-0.4, -0.2) is 70.5 Å². The zero-order valence-electron chi connectivity index (χ0n) is 11.5. The monoisotopic (exact) mass is 288 g/mol. The minimum atomic E-state index is -1.12. The molecule has 0 aromatic rings. The van der Waals surface area contributed by atoms with E-state index >= 15 is 0 Å². The molecule has 108 valence electrons. The molecule has 8 heteroatoms. The van der Waals surface area contributed by atoms with E-state index in [9.17, 15) is 9.90 Å². The summed E-state index contributed by atoms with van der Waals surface area (Å²) in [5, 5.41) is 18.5. The molecule has 0 saturated carbocycles. The van der Waals surface area contributed by atoms with E-state index < -0.39 is 5.97 Å². The quantitative estimate of drug-likeness (QED) is 0.253. The molecule has 19 heavy (non-hydrogen) atoms. The Balaban J connectivity index is 0. The molecular weight excluding hydrogens is 267 g/mol. The topological polar surface area (TPSA) is 97.3 Å². The van der Waals surface area contributed by atoms with Gasteiger partial charge in [-0.15, -0.1) is 0 Å². The number of carboxylic acids is 1. The number of aliphatic hydroxyl groups is 1. The van der Waals surface area contributed by atoms with Gasteiger partial charge in [0.25, 0.3) is 0 Å². The summed E-state index contributed by atoms with van der Waals surface area (Å²) in [6.07, 6.45) is -0.100. The first-order chi connectivity index (χ1) is 8.77. The molecule has 0 aromatic heterocycles. The van der Waals surface area contributed by atoms with Gasteiger partial charge in [0.2, 0.25) is 0 Å². The average Bonchev–Trinajstić information content (AvgIpc) is 2.34. The minimum absolute atomic E-state index is 0. The maximum atomic E-state index is 10.0. The fourth-order valence-electron chi connectivity index (χ4n) is 0.982. The van der Waals surface area contributed by atoms with Crippen molar-refractivity contribution < 1.29 is 63.5 Å². The second-order valence-corrected chi connectivity index (χ2v) is 3.30. The number of aliphatic hydroxyl groups excluding tert-OH is 1. The summed E-state index contributed by atoms with van der Waals surface area (Å²) in [5.41, 5.74) is 0. The van der Waals surface area contributed by atoms with Crippen LogP contribution in [0.3, 0.4) is 0 Å². The summed E-state index contributed by atoms with van der Waals surface area (Å²) >= 11 is 0. The van der Waals surface area contributed by atoms with Crippen LogP contribution >= 0.6 is 0 Å². The van der Waals surface area contributed by atoms with Crippen LogP contribution in [0.1, 0.15) is 6.42 Å². The fourth-order valence-corrected chi connectivity index (χ4v) is 0.982. The Morgan fingerprint density at radius 2 is 1.16 bits per heavy atom. The maximum Gasteiger partial charge on any atom is 1.00 e. The molecule has 0 spiro atoms. The van der Waals surface area contributed by atoms with Crippen LogP contribution in [0, 0.1) is 0 Å². The normalized spacial score (nSPS) is 10.2. The van der Waals surface area contributed by atoms with Crippen molar-refractivity contribution in [2.45, 2.75) is 6.42 Å². The number of hydrogen-bond acceptors (Lipinski definition) is 7. The SMILES string of the molecule is O=C([O-])CCOCCOCCOCCOCCO.[Na+]. The predicted octanol–water partition coefficient (Wildman–Crippen LogP) is -4.81. The van der Waals surface area contributed by atoms with E-state index in [4.69, 9.17) is 24.1 Å². The smallest absolute Gasteiger partial charge is 0.550 e. The standard InChI is InChI=1S/C11H22O7.Na/c12-2-4-16-6-8-18-10-9-17-7-5-15-3-1-11(13)14;/h12H,1-10H2,(H,13,14);/q;+1/p-1. The Morgan fingerprint density at radius 1 is 0.789 bits per heavy atom.